The Labute approximate surface area is 157 Å². The highest BCUT2D eigenvalue weighted by Gasteiger charge is 2.27. The van der Waals surface area contributed by atoms with Gasteiger partial charge in [0.1, 0.15) is 5.75 Å². The Morgan fingerprint density at radius 3 is 2.67 bits per heavy atom. The summed E-state index contributed by atoms with van der Waals surface area (Å²) in [4.78, 5) is 23.6. The minimum absolute atomic E-state index is 0.0773. The molecule has 1 aliphatic rings. The molecule has 1 aliphatic heterocycles. The van der Waals surface area contributed by atoms with Gasteiger partial charge in [-0.25, -0.2) is 14.8 Å². The number of hydrogen-bond donors (Lipinski definition) is 1. The molecule has 0 atom stereocenters. The Hall–Kier alpha value is -2.87. The maximum atomic E-state index is 12.5. The fraction of sp³-hybridized carbons (Fsp3) is 0.421. The largest absolute Gasteiger partial charge is 0.508 e. The summed E-state index contributed by atoms with van der Waals surface area (Å²) in [5, 5.41) is 9.80. The van der Waals surface area contributed by atoms with Crippen LogP contribution in [0.4, 0.5) is 5.82 Å². The first-order chi connectivity index (χ1) is 13.1. The van der Waals surface area contributed by atoms with Gasteiger partial charge in [0, 0.05) is 18.7 Å². The van der Waals surface area contributed by atoms with E-state index in [1.54, 1.807) is 31.2 Å². The second-order valence-corrected chi connectivity index (χ2v) is 5.85. The molecule has 1 N–H and O–H groups in total. The number of carbonyl (C=O) groups excluding carboxylic acids is 1. The molecule has 3 rings (SSSR count). The number of aromatic hydroxyl groups is 1. The summed E-state index contributed by atoms with van der Waals surface area (Å²) >= 11 is 0. The summed E-state index contributed by atoms with van der Waals surface area (Å²) in [5.41, 5.74) is 0.673. The standard InChI is InChI=1S/C19H23N3O5/c1-3-26-16-15(19(24)27-4-2)20-17(13-6-5-7-14(23)12-13)21-18(16)22-8-10-25-11-9-22/h5-7,12,23H,3-4,8-11H2,1-2H3. The van der Waals surface area contributed by atoms with Crippen molar-refractivity contribution in [2.45, 2.75) is 13.8 Å². The maximum Gasteiger partial charge on any atom is 0.361 e. The zero-order valence-corrected chi connectivity index (χ0v) is 15.5. The highest BCUT2D eigenvalue weighted by molar-refractivity contribution is 5.93. The quantitative estimate of drug-likeness (QED) is 0.771. The number of morpholine rings is 1. The first-order valence-electron chi connectivity index (χ1n) is 8.98. The van der Waals surface area contributed by atoms with E-state index in [0.29, 0.717) is 55.9 Å². The molecule has 1 aromatic carbocycles. The SMILES string of the molecule is CCOC(=O)c1nc(-c2cccc(O)c2)nc(N2CCOCC2)c1OCC. The molecule has 0 aliphatic carbocycles. The highest BCUT2D eigenvalue weighted by Crippen LogP contribution is 2.33. The van der Waals surface area contributed by atoms with Crippen molar-refractivity contribution in [3.05, 3.63) is 30.0 Å². The van der Waals surface area contributed by atoms with Crippen molar-refractivity contribution in [1.82, 2.24) is 9.97 Å². The topological polar surface area (TPSA) is 94.0 Å². The Morgan fingerprint density at radius 2 is 2.00 bits per heavy atom. The number of anilines is 1. The van der Waals surface area contributed by atoms with Gasteiger partial charge < -0.3 is 24.2 Å². The van der Waals surface area contributed by atoms with Gasteiger partial charge in [0.2, 0.25) is 0 Å². The second kappa shape index (κ2) is 8.68. The van der Waals surface area contributed by atoms with Crippen LogP contribution in [0.2, 0.25) is 0 Å². The minimum atomic E-state index is -0.570. The number of phenols is 1. The van der Waals surface area contributed by atoms with Crippen molar-refractivity contribution < 1.29 is 24.1 Å². The molecule has 8 nitrogen and oxygen atoms in total. The van der Waals surface area contributed by atoms with E-state index in [-0.39, 0.29) is 18.1 Å². The van der Waals surface area contributed by atoms with Gasteiger partial charge in [-0.2, -0.15) is 0 Å². The molecule has 1 saturated heterocycles. The average molecular weight is 373 g/mol. The number of ether oxygens (including phenoxy) is 3. The van der Waals surface area contributed by atoms with Crippen molar-refractivity contribution in [1.29, 1.82) is 0 Å². The van der Waals surface area contributed by atoms with Crippen molar-refractivity contribution in [2.75, 3.05) is 44.4 Å². The summed E-state index contributed by atoms with van der Waals surface area (Å²) in [6.45, 7) is 6.52. The molecule has 1 fully saturated rings. The van der Waals surface area contributed by atoms with Gasteiger partial charge in [-0.1, -0.05) is 12.1 Å². The first kappa shape index (κ1) is 18.9. The number of rotatable bonds is 6. The van der Waals surface area contributed by atoms with E-state index in [1.165, 1.54) is 0 Å². The van der Waals surface area contributed by atoms with E-state index in [9.17, 15) is 9.90 Å². The third-order valence-corrected chi connectivity index (χ3v) is 4.02. The maximum absolute atomic E-state index is 12.5. The number of hydrogen-bond acceptors (Lipinski definition) is 8. The molecule has 0 bridgehead atoms. The van der Waals surface area contributed by atoms with Gasteiger partial charge in [-0.3, -0.25) is 0 Å². The van der Waals surface area contributed by atoms with Gasteiger partial charge in [0.25, 0.3) is 0 Å². The summed E-state index contributed by atoms with van der Waals surface area (Å²) in [5.74, 6) is 0.673. The van der Waals surface area contributed by atoms with Crippen molar-refractivity contribution in [2.24, 2.45) is 0 Å². The second-order valence-electron chi connectivity index (χ2n) is 5.85. The van der Waals surface area contributed by atoms with Crippen LogP contribution in [-0.4, -0.2) is 60.6 Å². The smallest absolute Gasteiger partial charge is 0.361 e. The molecule has 27 heavy (non-hydrogen) atoms. The molecule has 1 aromatic heterocycles. The molecule has 144 valence electrons. The molecule has 0 amide bonds. The number of carbonyl (C=O) groups is 1. The summed E-state index contributed by atoms with van der Waals surface area (Å²) in [6, 6.07) is 6.58. The van der Waals surface area contributed by atoms with E-state index in [0.717, 1.165) is 0 Å². The molecular weight excluding hydrogens is 350 g/mol. The molecule has 2 heterocycles. The predicted molar refractivity (Wildman–Crippen MR) is 99.3 cm³/mol. The number of phenolic OH excluding ortho intramolecular Hbond substituents is 1. The van der Waals surface area contributed by atoms with Crippen LogP contribution < -0.4 is 9.64 Å². The fourth-order valence-electron chi connectivity index (χ4n) is 2.82. The van der Waals surface area contributed by atoms with E-state index >= 15 is 0 Å². The van der Waals surface area contributed by atoms with Crippen LogP contribution >= 0.6 is 0 Å². The van der Waals surface area contributed by atoms with Crippen LogP contribution in [0.25, 0.3) is 11.4 Å². The monoisotopic (exact) mass is 373 g/mol. The number of aromatic nitrogens is 2. The number of nitrogens with zero attached hydrogens (tertiary/aromatic N) is 3. The average Bonchev–Trinajstić information content (AvgIpc) is 2.69. The minimum Gasteiger partial charge on any atom is -0.508 e. The fourth-order valence-corrected chi connectivity index (χ4v) is 2.82. The van der Waals surface area contributed by atoms with Crippen LogP contribution in [0, 0.1) is 0 Å². The van der Waals surface area contributed by atoms with Crippen LogP contribution in [-0.2, 0) is 9.47 Å². The Bertz CT molecular complexity index is 806. The lowest BCUT2D eigenvalue weighted by Gasteiger charge is -2.29. The third kappa shape index (κ3) is 4.28. The Kier molecular flexibility index (Phi) is 6.08. The van der Waals surface area contributed by atoms with E-state index in [2.05, 4.69) is 9.97 Å². The zero-order valence-electron chi connectivity index (χ0n) is 15.5. The van der Waals surface area contributed by atoms with Crippen LogP contribution in [0.3, 0.4) is 0 Å². The van der Waals surface area contributed by atoms with Gasteiger partial charge in [-0.05, 0) is 26.0 Å². The zero-order chi connectivity index (χ0) is 19.2. The van der Waals surface area contributed by atoms with Crippen molar-refractivity contribution >= 4 is 11.8 Å². The van der Waals surface area contributed by atoms with Gasteiger partial charge >= 0.3 is 5.97 Å². The Balaban J connectivity index is 2.16. The molecular formula is C19H23N3O5. The van der Waals surface area contributed by atoms with Crippen LogP contribution in [0.5, 0.6) is 11.5 Å². The predicted octanol–water partition coefficient (Wildman–Crippen LogP) is 2.26. The number of esters is 1. The lowest BCUT2D eigenvalue weighted by atomic mass is 10.2. The van der Waals surface area contributed by atoms with Crippen molar-refractivity contribution in [3.8, 4) is 22.9 Å². The molecule has 8 heteroatoms. The third-order valence-electron chi connectivity index (χ3n) is 4.02. The lowest BCUT2D eigenvalue weighted by Crippen LogP contribution is -2.37. The van der Waals surface area contributed by atoms with Crippen LogP contribution in [0.1, 0.15) is 24.3 Å². The lowest BCUT2D eigenvalue weighted by molar-refractivity contribution is 0.0514. The summed E-state index contributed by atoms with van der Waals surface area (Å²) < 4.78 is 16.3. The Morgan fingerprint density at radius 1 is 1.22 bits per heavy atom. The normalized spacial score (nSPS) is 14.1. The molecule has 0 saturated carbocycles. The number of benzene rings is 1. The van der Waals surface area contributed by atoms with Gasteiger partial charge in [0.15, 0.2) is 23.1 Å². The summed E-state index contributed by atoms with van der Waals surface area (Å²) in [6.07, 6.45) is 0. The molecule has 0 spiro atoms. The summed E-state index contributed by atoms with van der Waals surface area (Å²) in [7, 11) is 0. The van der Waals surface area contributed by atoms with Crippen LogP contribution in [0.15, 0.2) is 24.3 Å². The first-order valence-corrected chi connectivity index (χ1v) is 8.98. The molecule has 2 aromatic rings. The van der Waals surface area contributed by atoms with E-state index < -0.39 is 5.97 Å². The van der Waals surface area contributed by atoms with Gasteiger partial charge in [-0.15, -0.1) is 0 Å². The van der Waals surface area contributed by atoms with E-state index in [4.69, 9.17) is 14.2 Å². The van der Waals surface area contributed by atoms with E-state index in [1.807, 2.05) is 11.8 Å². The molecule has 0 unspecified atom stereocenters. The highest BCUT2D eigenvalue weighted by atomic mass is 16.5. The molecule has 0 radical (unpaired) electrons. The van der Waals surface area contributed by atoms with Crippen molar-refractivity contribution in [3.63, 3.8) is 0 Å². The van der Waals surface area contributed by atoms with Gasteiger partial charge in [0.05, 0.1) is 26.4 Å².